The Labute approximate surface area is 146 Å². The van der Waals surface area contributed by atoms with Crippen LogP contribution in [-0.2, 0) is 9.59 Å². The Morgan fingerprint density at radius 3 is 2.64 bits per heavy atom. The molecule has 2 aromatic rings. The Hall–Kier alpha value is -3.46. The molecule has 0 aliphatic heterocycles. The third-order valence-corrected chi connectivity index (χ3v) is 3.10. The van der Waals surface area contributed by atoms with Crippen LogP contribution in [0.25, 0.3) is 0 Å². The van der Waals surface area contributed by atoms with Crippen LogP contribution in [0.5, 0.6) is 5.75 Å². The molecule has 0 spiro atoms. The number of hydrazone groups is 1. The van der Waals surface area contributed by atoms with Crippen LogP contribution in [0.15, 0.2) is 47.6 Å². The number of benzene rings is 2. The molecule has 0 saturated heterocycles. The first-order chi connectivity index (χ1) is 11.9. The summed E-state index contributed by atoms with van der Waals surface area (Å²) in [6, 6.07) is 9.76. The van der Waals surface area contributed by atoms with Crippen molar-refractivity contribution < 1.29 is 19.6 Å². The summed E-state index contributed by atoms with van der Waals surface area (Å²) in [4.78, 5) is 33.3. The third-order valence-electron chi connectivity index (χ3n) is 2.86. The number of amides is 2. The maximum Gasteiger partial charge on any atom is 0.329 e. The molecular formula is C15H11ClN4O5. The van der Waals surface area contributed by atoms with Crippen molar-refractivity contribution in [1.82, 2.24) is 5.43 Å². The molecule has 0 fully saturated rings. The highest BCUT2D eigenvalue weighted by Gasteiger charge is 2.14. The Bertz CT molecular complexity index is 869. The number of rotatable bonds is 4. The van der Waals surface area contributed by atoms with Crippen LogP contribution in [0.4, 0.5) is 11.4 Å². The van der Waals surface area contributed by atoms with E-state index in [1.165, 1.54) is 12.1 Å². The quantitative estimate of drug-likeness (QED) is 0.331. The number of halogens is 1. The van der Waals surface area contributed by atoms with Crippen molar-refractivity contribution in [1.29, 1.82) is 0 Å². The van der Waals surface area contributed by atoms with E-state index >= 15 is 0 Å². The first kappa shape index (κ1) is 17.9. The number of carbonyl (C=O) groups excluding carboxylic acids is 2. The number of phenolic OH excluding ortho intramolecular Hbond substituents is 1. The second kappa shape index (κ2) is 7.88. The second-order valence-electron chi connectivity index (χ2n) is 4.67. The minimum absolute atomic E-state index is 0.250. The lowest BCUT2D eigenvalue weighted by Gasteiger charge is -2.04. The van der Waals surface area contributed by atoms with Crippen LogP contribution in [0.3, 0.4) is 0 Å². The van der Waals surface area contributed by atoms with Gasteiger partial charge in [-0.15, -0.1) is 0 Å². The number of hydrogen-bond acceptors (Lipinski definition) is 6. The molecule has 0 aromatic heterocycles. The zero-order chi connectivity index (χ0) is 18.4. The van der Waals surface area contributed by atoms with Gasteiger partial charge in [-0.3, -0.25) is 19.7 Å². The molecule has 2 aromatic carbocycles. The number of nitrogens with one attached hydrogen (secondary N) is 2. The highest BCUT2D eigenvalue weighted by molar-refractivity contribution is 6.39. The van der Waals surface area contributed by atoms with E-state index < -0.39 is 28.2 Å². The molecule has 2 rings (SSSR count). The number of nitrogens with zero attached hydrogens (tertiary/aromatic N) is 2. The monoisotopic (exact) mass is 362 g/mol. The predicted octanol–water partition coefficient (Wildman–Crippen LogP) is 2.04. The van der Waals surface area contributed by atoms with E-state index in [2.05, 4.69) is 10.4 Å². The summed E-state index contributed by atoms with van der Waals surface area (Å²) in [5.74, 6) is -2.49. The first-order valence-corrected chi connectivity index (χ1v) is 7.12. The van der Waals surface area contributed by atoms with E-state index in [9.17, 15) is 24.8 Å². The highest BCUT2D eigenvalue weighted by Crippen LogP contribution is 2.25. The second-order valence-corrected chi connectivity index (χ2v) is 5.11. The first-order valence-electron chi connectivity index (χ1n) is 6.74. The highest BCUT2D eigenvalue weighted by atomic mass is 35.5. The summed E-state index contributed by atoms with van der Waals surface area (Å²) < 4.78 is 0. The lowest BCUT2D eigenvalue weighted by Crippen LogP contribution is -2.32. The van der Waals surface area contributed by atoms with Gasteiger partial charge in [-0.1, -0.05) is 17.7 Å². The van der Waals surface area contributed by atoms with Crippen LogP contribution in [0.2, 0.25) is 5.02 Å². The topological polar surface area (TPSA) is 134 Å². The standard InChI is InChI=1S/C15H11ClN4O5/c16-10-2-1-3-11(7-10)18-14(22)15(23)19-17-8-9-4-5-13(21)12(6-9)20(24)25/h1-8,21H,(H,18,22)(H,19,23)/b17-8+. The molecule has 0 heterocycles. The molecule has 0 atom stereocenters. The summed E-state index contributed by atoms with van der Waals surface area (Å²) in [5, 5.41) is 26.3. The minimum Gasteiger partial charge on any atom is -0.502 e. The number of anilines is 1. The fourth-order valence-corrected chi connectivity index (χ4v) is 1.93. The van der Waals surface area contributed by atoms with E-state index in [1.807, 2.05) is 5.43 Å². The Balaban J connectivity index is 1.97. The molecule has 10 heteroatoms. The van der Waals surface area contributed by atoms with Crippen molar-refractivity contribution in [3.8, 4) is 5.75 Å². The maximum atomic E-state index is 11.7. The van der Waals surface area contributed by atoms with E-state index in [0.29, 0.717) is 10.7 Å². The normalized spacial score (nSPS) is 10.4. The van der Waals surface area contributed by atoms with E-state index in [-0.39, 0.29) is 5.56 Å². The van der Waals surface area contributed by atoms with Crippen molar-refractivity contribution in [2.45, 2.75) is 0 Å². The fraction of sp³-hybridized carbons (Fsp3) is 0. The largest absolute Gasteiger partial charge is 0.502 e. The average molecular weight is 363 g/mol. The van der Waals surface area contributed by atoms with E-state index in [4.69, 9.17) is 11.6 Å². The minimum atomic E-state index is -1.04. The Morgan fingerprint density at radius 2 is 1.96 bits per heavy atom. The molecule has 2 amide bonds. The summed E-state index contributed by atoms with van der Waals surface area (Å²) in [7, 11) is 0. The number of nitro groups is 1. The number of phenols is 1. The molecule has 25 heavy (non-hydrogen) atoms. The van der Waals surface area contributed by atoms with E-state index in [1.54, 1.807) is 18.2 Å². The lowest BCUT2D eigenvalue weighted by atomic mass is 10.2. The average Bonchev–Trinajstić information content (AvgIpc) is 2.56. The summed E-state index contributed by atoms with van der Waals surface area (Å²) in [5.41, 5.74) is 2.07. The third kappa shape index (κ3) is 5.01. The molecule has 0 aliphatic carbocycles. The summed E-state index contributed by atoms with van der Waals surface area (Å²) in [6.07, 6.45) is 1.09. The number of carbonyl (C=O) groups is 2. The van der Waals surface area contributed by atoms with Gasteiger partial charge >= 0.3 is 17.5 Å². The molecule has 0 saturated carbocycles. The lowest BCUT2D eigenvalue weighted by molar-refractivity contribution is -0.385. The van der Waals surface area contributed by atoms with Crippen molar-refractivity contribution in [3.63, 3.8) is 0 Å². The molecule has 9 nitrogen and oxygen atoms in total. The predicted molar refractivity (Wildman–Crippen MR) is 90.6 cm³/mol. The molecule has 0 unspecified atom stereocenters. The van der Waals surface area contributed by atoms with Gasteiger partial charge in [-0.05, 0) is 30.3 Å². The summed E-state index contributed by atoms with van der Waals surface area (Å²) >= 11 is 5.76. The molecule has 128 valence electrons. The Morgan fingerprint density at radius 1 is 1.20 bits per heavy atom. The van der Waals surface area contributed by atoms with Gasteiger partial charge < -0.3 is 10.4 Å². The fourth-order valence-electron chi connectivity index (χ4n) is 1.74. The van der Waals surface area contributed by atoms with Crippen LogP contribution >= 0.6 is 11.6 Å². The van der Waals surface area contributed by atoms with Gasteiger partial charge in [0.2, 0.25) is 0 Å². The van der Waals surface area contributed by atoms with Gasteiger partial charge in [0.25, 0.3) is 0 Å². The van der Waals surface area contributed by atoms with Crippen LogP contribution in [-0.4, -0.2) is 28.1 Å². The summed E-state index contributed by atoms with van der Waals surface area (Å²) in [6.45, 7) is 0. The van der Waals surface area contributed by atoms with Crippen molar-refractivity contribution in [3.05, 3.63) is 63.2 Å². The van der Waals surface area contributed by atoms with Crippen LogP contribution in [0, 0.1) is 10.1 Å². The van der Waals surface area contributed by atoms with Gasteiger partial charge in [-0.2, -0.15) is 5.10 Å². The van der Waals surface area contributed by atoms with Crippen molar-refractivity contribution in [2.75, 3.05) is 5.32 Å². The number of nitro benzene ring substituents is 1. The molecule has 3 N–H and O–H groups in total. The SMILES string of the molecule is O=C(N/N=C/c1ccc(O)c([N+](=O)[O-])c1)C(=O)Nc1cccc(Cl)c1. The Kier molecular flexibility index (Phi) is 5.64. The smallest absolute Gasteiger partial charge is 0.329 e. The molecule has 0 aliphatic rings. The maximum absolute atomic E-state index is 11.7. The molecule has 0 bridgehead atoms. The van der Waals surface area contributed by atoms with Gasteiger partial charge in [0, 0.05) is 22.3 Å². The van der Waals surface area contributed by atoms with Crippen molar-refractivity contribution in [2.24, 2.45) is 5.10 Å². The van der Waals surface area contributed by atoms with Crippen molar-refractivity contribution >= 4 is 41.0 Å². The number of hydrogen-bond donors (Lipinski definition) is 3. The van der Waals surface area contributed by atoms with E-state index in [0.717, 1.165) is 18.3 Å². The van der Waals surface area contributed by atoms with Crippen LogP contribution < -0.4 is 10.7 Å². The van der Waals surface area contributed by atoms with Gasteiger partial charge in [0.05, 0.1) is 11.1 Å². The zero-order valence-corrected chi connectivity index (χ0v) is 13.2. The zero-order valence-electron chi connectivity index (χ0n) is 12.5. The van der Waals surface area contributed by atoms with Gasteiger partial charge in [0.15, 0.2) is 5.75 Å². The number of aromatic hydroxyl groups is 1. The molecular weight excluding hydrogens is 352 g/mol. The van der Waals surface area contributed by atoms with Gasteiger partial charge in [-0.25, -0.2) is 5.43 Å². The van der Waals surface area contributed by atoms with Crippen LogP contribution in [0.1, 0.15) is 5.56 Å². The molecule has 0 radical (unpaired) electrons. The van der Waals surface area contributed by atoms with Gasteiger partial charge in [0.1, 0.15) is 0 Å².